The standard InChI is InChI=1S/C7H10N2O2S/c1-7(6(9)11)2-4(3-12-7)5(8)10/h3H,2H2,1H3,(H2,8,10)(H2,9,11). The van der Waals surface area contributed by atoms with Gasteiger partial charge in [-0.2, -0.15) is 0 Å². The molecule has 0 spiro atoms. The van der Waals surface area contributed by atoms with Crippen LogP contribution in [0.15, 0.2) is 11.0 Å². The Labute approximate surface area is 74.4 Å². The summed E-state index contributed by atoms with van der Waals surface area (Å²) in [5, 5.41) is 1.60. The van der Waals surface area contributed by atoms with Gasteiger partial charge in [-0.15, -0.1) is 11.8 Å². The lowest BCUT2D eigenvalue weighted by Gasteiger charge is -2.17. The summed E-state index contributed by atoms with van der Waals surface area (Å²) < 4.78 is -0.690. The van der Waals surface area contributed by atoms with Crippen molar-refractivity contribution in [3.05, 3.63) is 11.0 Å². The van der Waals surface area contributed by atoms with Crippen LogP contribution in [0, 0.1) is 0 Å². The van der Waals surface area contributed by atoms with Crippen molar-refractivity contribution in [2.75, 3.05) is 0 Å². The molecular weight excluding hydrogens is 176 g/mol. The summed E-state index contributed by atoms with van der Waals surface area (Å²) in [6, 6.07) is 0. The lowest BCUT2D eigenvalue weighted by molar-refractivity contribution is -0.119. The molecule has 0 saturated heterocycles. The molecule has 1 rings (SSSR count). The molecular formula is C7H10N2O2S. The summed E-state index contributed by atoms with van der Waals surface area (Å²) in [6.45, 7) is 1.70. The molecule has 66 valence electrons. The lowest BCUT2D eigenvalue weighted by atomic mass is 10.0. The Kier molecular flexibility index (Phi) is 2.14. The van der Waals surface area contributed by atoms with E-state index in [1.54, 1.807) is 12.3 Å². The highest BCUT2D eigenvalue weighted by Gasteiger charge is 2.37. The van der Waals surface area contributed by atoms with Gasteiger partial charge in [-0.3, -0.25) is 9.59 Å². The van der Waals surface area contributed by atoms with Gasteiger partial charge in [0.25, 0.3) is 0 Å². The zero-order chi connectivity index (χ0) is 9.35. The number of amides is 2. The summed E-state index contributed by atoms with van der Waals surface area (Å²) in [4.78, 5) is 21.6. The smallest absolute Gasteiger partial charge is 0.245 e. The predicted octanol–water partition coefficient (Wildman–Crippen LogP) is -0.264. The van der Waals surface area contributed by atoms with Crippen molar-refractivity contribution in [3.8, 4) is 0 Å². The first-order valence-corrected chi connectivity index (χ1v) is 4.30. The van der Waals surface area contributed by atoms with E-state index in [1.807, 2.05) is 0 Å². The largest absolute Gasteiger partial charge is 0.368 e. The summed E-state index contributed by atoms with van der Waals surface area (Å²) in [5.74, 6) is -0.896. The van der Waals surface area contributed by atoms with E-state index in [-0.39, 0.29) is 0 Å². The van der Waals surface area contributed by atoms with Gasteiger partial charge < -0.3 is 11.5 Å². The molecule has 1 aliphatic rings. The van der Waals surface area contributed by atoms with Gasteiger partial charge in [0, 0.05) is 12.0 Å². The van der Waals surface area contributed by atoms with E-state index in [0.29, 0.717) is 12.0 Å². The van der Waals surface area contributed by atoms with Gasteiger partial charge in [0.15, 0.2) is 0 Å². The molecule has 0 aromatic rings. The second-order valence-corrected chi connectivity index (χ2v) is 4.27. The number of rotatable bonds is 2. The van der Waals surface area contributed by atoms with Crippen LogP contribution >= 0.6 is 11.8 Å². The molecule has 1 aliphatic heterocycles. The van der Waals surface area contributed by atoms with Crippen LogP contribution in [0.25, 0.3) is 0 Å². The topological polar surface area (TPSA) is 86.2 Å². The number of hydrogen-bond donors (Lipinski definition) is 2. The van der Waals surface area contributed by atoms with Crippen LogP contribution in [0.2, 0.25) is 0 Å². The Balaban J connectivity index is 2.75. The Morgan fingerprint density at radius 1 is 1.58 bits per heavy atom. The van der Waals surface area contributed by atoms with Gasteiger partial charge in [0.2, 0.25) is 11.8 Å². The van der Waals surface area contributed by atoms with Gasteiger partial charge in [-0.25, -0.2) is 0 Å². The van der Waals surface area contributed by atoms with Crippen molar-refractivity contribution >= 4 is 23.6 Å². The van der Waals surface area contributed by atoms with Crippen LogP contribution < -0.4 is 11.5 Å². The second kappa shape index (κ2) is 2.82. The minimum absolute atomic E-state index is 0.336. The zero-order valence-electron chi connectivity index (χ0n) is 6.66. The highest BCUT2D eigenvalue weighted by atomic mass is 32.2. The maximum Gasteiger partial charge on any atom is 0.245 e. The molecule has 0 aromatic carbocycles. The van der Waals surface area contributed by atoms with Crippen molar-refractivity contribution in [1.29, 1.82) is 0 Å². The molecule has 4 nitrogen and oxygen atoms in total. The molecule has 0 fully saturated rings. The Morgan fingerprint density at radius 2 is 2.17 bits per heavy atom. The van der Waals surface area contributed by atoms with E-state index in [2.05, 4.69) is 0 Å². The van der Waals surface area contributed by atoms with Crippen molar-refractivity contribution in [3.63, 3.8) is 0 Å². The molecule has 0 bridgehead atoms. The van der Waals surface area contributed by atoms with E-state index in [4.69, 9.17) is 11.5 Å². The second-order valence-electron chi connectivity index (χ2n) is 2.90. The first kappa shape index (κ1) is 9.12. The van der Waals surface area contributed by atoms with Gasteiger partial charge in [0.05, 0.1) is 4.75 Å². The first-order valence-electron chi connectivity index (χ1n) is 3.42. The van der Waals surface area contributed by atoms with E-state index in [1.165, 1.54) is 11.8 Å². The van der Waals surface area contributed by atoms with Crippen LogP contribution in [0.4, 0.5) is 0 Å². The Morgan fingerprint density at radius 3 is 2.42 bits per heavy atom. The molecule has 2 amide bonds. The third-order valence-electron chi connectivity index (χ3n) is 1.83. The number of hydrogen-bond acceptors (Lipinski definition) is 3. The van der Waals surface area contributed by atoms with E-state index in [9.17, 15) is 9.59 Å². The van der Waals surface area contributed by atoms with Crippen LogP contribution in [-0.2, 0) is 9.59 Å². The minimum Gasteiger partial charge on any atom is -0.368 e. The van der Waals surface area contributed by atoms with Crippen molar-refractivity contribution in [1.82, 2.24) is 0 Å². The number of primary amides is 2. The highest BCUT2D eigenvalue weighted by molar-refractivity contribution is 8.04. The molecule has 4 N–H and O–H groups in total. The van der Waals surface area contributed by atoms with Gasteiger partial charge in [-0.1, -0.05) is 0 Å². The molecule has 5 heteroatoms. The third-order valence-corrected chi connectivity index (χ3v) is 3.09. The number of carbonyl (C=O) groups is 2. The van der Waals surface area contributed by atoms with Gasteiger partial charge in [0.1, 0.15) is 0 Å². The molecule has 0 aliphatic carbocycles. The summed E-state index contributed by atoms with van der Waals surface area (Å²) in [6.07, 6.45) is 0.336. The molecule has 12 heavy (non-hydrogen) atoms. The summed E-state index contributed by atoms with van der Waals surface area (Å²) in [5.41, 5.74) is 10.7. The fourth-order valence-corrected chi connectivity index (χ4v) is 1.90. The minimum atomic E-state index is -0.690. The molecule has 0 saturated carbocycles. The normalized spacial score (nSPS) is 28.2. The van der Waals surface area contributed by atoms with E-state index in [0.717, 1.165) is 0 Å². The van der Waals surface area contributed by atoms with Gasteiger partial charge >= 0.3 is 0 Å². The molecule has 1 heterocycles. The van der Waals surface area contributed by atoms with E-state index >= 15 is 0 Å². The zero-order valence-corrected chi connectivity index (χ0v) is 7.48. The molecule has 0 radical (unpaired) electrons. The lowest BCUT2D eigenvalue weighted by Crippen LogP contribution is -2.36. The number of nitrogens with two attached hydrogens (primary N) is 2. The summed E-state index contributed by atoms with van der Waals surface area (Å²) in [7, 11) is 0. The Hall–Kier alpha value is -0.970. The third kappa shape index (κ3) is 1.45. The fourth-order valence-electron chi connectivity index (χ4n) is 0.938. The van der Waals surface area contributed by atoms with Crippen LogP contribution in [0.5, 0.6) is 0 Å². The quantitative estimate of drug-likeness (QED) is 0.622. The average molecular weight is 186 g/mol. The van der Waals surface area contributed by atoms with Crippen molar-refractivity contribution < 1.29 is 9.59 Å². The Bertz CT molecular complexity index is 275. The SMILES string of the molecule is CC1(C(N)=O)CC(C(N)=O)=CS1. The number of thioether (sulfide) groups is 1. The number of carbonyl (C=O) groups excluding carboxylic acids is 2. The average Bonchev–Trinajstić information content (AvgIpc) is 2.33. The molecule has 1 unspecified atom stereocenters. The van der Waals surface area contributed by atoms with Gasteiger partial charge in [-0.05, 0) is 12.3 Å². The first-order chi connectivity index (χ1) is 5.46. The van der Waals surface area contributed by atoms with E-state index < -0.39 is 16.6 Å². The van der Waals surface area contributed by atoms with Crippen molar-refractivity contribution in [2.45, 2.75) is 18.1 Å². The highest BCUT2D eigenvalue weighted by Crippen LogP contribution is 2.39. The van der Waals surface area contributed by atoms with Crippen molar-refractivity contribution in [2.24, 2.45) is 11.5 Å². The molecule has 1 atom stereocenters. The maximum absolute atomic E-state index is 10.9. The predicted molar refractivity (Wildman–Crippen MR) is 47.1 cm³/mol. The van der Waals surface area contributed by atoms with Crippen LogP contribution in [-0.4, -0.2) is 16.6 Å². The monoisotopic (exact) mass is 186 g/mol. The van der Waals surface area contributed by atoms with Crippen LogP contribution in [0.3, 0.4) is 0 Å². The maximum atomic E-state index is 10.9. The fraction of sp³-hybridized carbons (Fsp3) is 0.429. The molecule has 0 aromatic heterocycles. The summed E-state index contributed by atoms with van der Waals surface area (Å²) >= 11 is 1.25. The van der Waals surface area contributed by atoms with Crippen LogP contribution in [0.1, 0.15) is 13.3 Å².